The molecule has 106 valence electrons. The molecule has 0 radical (unpaired) electrons. The van der Waals surface area contributed by atoms with Crippen molar-refractivity contribution in [2.24, 2.45) is 0 Å². The number of hydrogen-bond donors (Lipinski definition) is 2. The van der Waals surface area contributed by atoms with Gasteiger partial charge in [0.15, 0.2) is 0 Å². The molecule has 2 aromatic rings. The Morgan fingerprint density at radius 3 is 2.90 bits per heavy atom. The molecule has 6 nitrogen and oxygen atoms in total. The molecule has 0 atom stereocenters. The number of halogens is 1. The Labute approximate surface area is 116 Å². The van der Waals surface area contributed by atoms with Gasteiger partial charge in [-0.05, 0) is 24.1 Å². The van der Waals surface area contributed by atoms with Gasteiger partial charge in [-0.3, -0.25) is 0 Å². The standard InChI is InChI=1S/C13H16FN5O/c1-2-6-20-13-18-11(15)17-12(19-13)16-8-9-4-3-5-10(14)7-9/h3-5,7H,2,6,8H2,1H3,(H3,15,16,17,18,19). The molecule has 1 heterocycles. The van der Waals surface area contributed by atoms with Crippen LogP contribution in [0.5, 0.6) is 6.01 Å². The monoisotopic (exact) mass is 277 g/mol. The molecule has 0 saturated carbocycles. The molecule has 0 spiro atoms. The van der Waals surface area contributed by atoms with Gasteiger partial charge in [-0.2, -0.15) is 15.0 Å². The van der Waals surface area contributed by atoms with Crippen LogP contribution in [0.1, 0.15) is 18.9 Å². The third-order valence-electron chi connectivity index (χ3n) is 2.41. The molecule has 1 aromatic carbocycles. The van der Waals surface area contributed by atoms with E-state index < -0.39 is 0 Å². The fourth-order valence-electron chi connectivity index (χ4n) is 1.54. The minimum Gasteiger partial charge on any atom is -0.463 e. The van der Waals surface area contributed by atoms with Crippen molar-refractivity contribution in [3.05, 3.63) is 35.6 Å². The van der Waals surface area contributed by atoms with E-state index in [4.69, 9.17) is 10.5 Å². The van der Waals surface area contributed by atoms with Crippen LogP contribution in [-0.4, -0.2) is 21.6 Å². The van der Waals surface area contributed by atoms with Crippen LogP contribution in [0.15, 0.2) is 24.3 Å². The molecule has 0 saturated heterocycles. The van der Waals surface area contributed by atoms with Crippen molar-refractivity contribution in [3.63, 3.8) is 0 Å². The summed E-state index contributed by atoms with van der Waals surface area (Å²) >= 11 is 0. The number of anilines is 2. The van der Waals surface area contributed by atoms with Gasteiger partial charge in [0, 0.05) is 6.54 Å². The number of ether oxygens (including phenoxy) is 1. The van der Waals surface area contributed by atoms with Gasteiger partial charge in [0.2, 0.25) is 11.9 Å². The molecule has 20 heavy (non-hydrogen) atoms. The Balaban J connectivity index is 2.03. The molecule has 0 unspecified atom stereocenters. The third kappa shape index (κ3) is 4.04. The van der Waals surface area contributed by atoms with Gasteiger partial charge in [0.25, 0.3) is 0 Å². The second kappa shape index (κ2) is 6.65. The van der Waals surface area contributed by atoms with Crippen LogP contribution in [0.4, 0.5) is 16.3 Å². The molecule has 0 fully saturated rings. The van der Waals surface area contributed by atoms with Crippen molar-refractivity contribution in [1.82, 2.24) is 15.0 Å². The van der Waals surface area contributed by atoms with Crippen molar-refractivity contribution in [1.29, 1.82) is 0 Å². The Bertz CT molecular complexity index is 578. The topological polar surface area (TPSA) is 86.0 Å². The van der Waals surface area contributed by atoms with Gasteiger partial charge in [-0.25, -0.2) is 4.39 Å². The molecular formula is C13H16FN5O. The van der Waals surface area contributed by atoms with Crippen molar-refractivity contribution in [2.75, 3.05) is 17.7 Å². The van der Waals surface area contributed by atoms with Gasteiger partial charge in [-0.1, -0.05) is 19.1 Å². The smallest absolute Gasteiger partial charge is 0.323 e. The Hall–Kier alpha value is -2.44. The van der Waals surface area contributed by atoms with Crippen LogP contribution >= 0.6 is 0 Å². The lowest BCUT2D eigenvalue weighted by Crippen LogP contribution is -2.09. The summed E-state index contributed by atoms with van der Waals surface area (Å²) in [5, 5.41) is 2.96. The molecule has 0 aliphatic rings. The van der Waals surface area contributed by atoms with E-state index in [1.807, 2.05) is 6.92 Å². The molecule has 7 heteroatoms. The SMILES string of the molecule is CCCOc1nc(N)nc(NCc2cccc(F)c2)n1. The zero-order chi connectivity index (χ0) is 14.4. The van der Waals surface area contributed by atoms with Crippen molar-refractivity contribution >= 4 is 11.9 Å². The lowest BCUT2D eigenvalue weighted by atomic mass is 10.2. The van der Waals surface area contributed by atoms with E-state index in [1.165, 1.54) is 12.1 Å². The fourth-order valence-corrected chi connectivity index (χ4v) is 1.54. The summed E-state index contributed by atoms with van der Waals surface area (Å²) in [5.41, 5.74) is 6.36. The van der Waals surface area contributed by atoms with E-state index in [1.54, 1.807) is 12.1 Å². The Kier molecular flexibility index (Phi) is 4.65. The van der Waals surface area contributed by atoms with E-state index in [0.29, 0.717) is 19.1 Å². The molecular weight excluding hydrogens is 261 g/mol. The van der Waals surface area contributed by atoms with Gasteiger partial charge in [-0.15, -0.1) is 0 Å². The number of nitrogens with one attached hydrogen (secondary N) is 1. The van der Waals surface area contributed by atoms with E-state index in [9.17, 15) is 4.39 Å². The summed E-state index contributed by atoms with van der Waals surface area (Å²) in [5.74, 6) is 0.0899. The lowest BCUT2D eigenvalue weighted by molar-refractivity contribution is 0.292. The number of nitrogens with two attached hydrogens (primary N) is 1. The zero-order valence-electron chi connectivity index (χ0n) is 11.1. The molecule has 0 bridgehead atoms. The maximum atomic E-state index is 13.1. The van der Waals surface area contributed by atoms with Crippen molar-refractivity contribution in [2.45, 2.75) is 19.9 Å². The average Bonchev–Trinajstić information content (AvgIpc) is 2.42. The summed E-state index contributed by atoms with van der Waals surface area (Å²) in [4.78, 5) is 11.9. The highest BCUT2D eigenvalue weighted by atomic mass is 19.1. The van der Waals surface area contributed by atoms with E-state index in [0.717, 1.165) is 12.0 Å². The first-order chi connectivity index (χ1) is 9.67. The molecule has 2 rings (SSSR count). The second-order valence-corrected chi connectivity index (χ2v) is 4.13. The van der Waals surface area contributed by atoms with Crippen LogP contribution in [0.2, 0.25) is 0 Å². The van der Waals surface area contributed by atoms with Crippen LogP contribution in [0.25, 0.3) is 0 Å². The highest BCUT2D eigenvalue weighted by Crippen LogP contribution is 2.11. The minimum atomic E-state index is -0.286. The number of benzene rings is 1. The largest absolute Gasteiger partial charge is 0.463 e. The van der Waals surface area contributed by atoms with Crippen molar-refractivity contribution < 1.29 is 9.13 Å². The van der Waals surface area contributed by atoms with Gasteiger partial charge >= 0.3 is 6.01 Å². The van der Waals surface area contributed by atoms with E-state index in [-0.39, 0.29) is 17.8 Å². The lowest BCUT2D eigenvalue weighted by Gasteiger charge is -2.08. The molecule has 0 aliphatic heterocycles. The van der Waals surface area contributed by atoms with Crippen LogP contribution in [0, 0.1) is 5.82 Å². The predicted octanol–water partition coefficient (Wildman–Crippen LogP) is 1.99. The van der Waals surface area contributed by atoms with Gasteiger partial charge in [0.1, 0.15) is 5.82 Å². The summed E-state index contributed by atoms with van der Waals surface area (Å²) < 4.78 is 18.4. The van der Waals surface area contributed by atoms with E-state index >= 15 is 0 Å². The third-order valence-corrected chi connectivity index (χ3v) is 2.41. The minimum absolute atomic E-state index is 0.0767. The number of nitrogens with zero attached hydrogens (tertiary/aromatic N) is 3. The highest BCUT2D eigenvalue weighted by Gasteiger charge is 2.05. The summed E-state index contributed by atoms with van der Waals surface area (Å²) in [6, 6.07) is 6.45. The molecule has 1 aromatic heterocycles. The summed E-state index contributed by atoms with van der Waals surface area (Å²) in [6.07, 6.45) is 0.845. The second-order valence-electron chi connectivity index (χ2n) is 4.13. The van der Waals surface area contributed by atoms with Gasteiger partial charge in [0.05, 0.1) is 6.61 Å². The van der Waals surface area contributed by atoms with E-state index in [2.05, 4.69) is 20.3 Å². The summed E-state index contributed by atoms with van der Waals surface area (Å²) in [7, 11) is 0. The summed E-state index contributed by atoms with van der Waals surface area (Å²) in [6.45, 7) is 2.87. The zero-order valence-corrected chi connectivity index (χ0v) is 11.1. The predicted molar refractivity (Wildman–Crippen MR) is 73.8 cm³/mol. The van der Waals surface area contributed by atoms with Crippen LogP contribution < -0.4 is 15.8 Å². The molecule has 3 N–H and O–H groups in total. The maximum absolute atomic E-state index is 13.1. The van der Waals surface area contributed by atoms with Crippen LogP contribution in [-0.2, 0) is 6.54 Å². The Morgan fingerprint density at radius 2 is 2.15 bits per heavy atom. The van der Waals surface area contributed by atoms with Crippen molar-refractivity contribution in [3.8, 4) is 6.01 Å². The fraction of sp³-hybridized carbons (Fsp3) is 0.308. The molecule has 0 aliphatic carbocycles. The maximum Gasteiger partial charge on any atom is 0.323 e. The first-order valence-electron chi connectivity index (χ1n) is 6.30. The quantitative estimate of drug-likeness (QED) is 0.839. The van der Waals surface area contributed by atoms with Gasteiger partial charge < -0.3 is 15.8 Å². The highest BCUT2D eigenvalue weighted by molar-refractivity contribution is 5.33. The average molecular weight is 277 g/mol. The number of hydrogen-bond acceptors (Lipinski definition) is 6. The first-order valence-corrected chi connectivity index (χ1v) is 6.30. The number of aromatic nitrogens is 3. The first kappa shape index (κ1) is 14.0. The number of rotatable bonds is 6. The normalized spacial score (nSPS) is 10.3. The molecule has 0 amide bonds. The Morgan fingerprint density at radius 1 is 1.30 bits per heavy atom. The number of nitrogen functional groups attached to an aromatic ring is 1. The van der Waals surface area contributed by atoms with Crippen LogP contribution in [0.3, 0.4) is 0 Å².